The van der Waals surface area contributed by atoms with E-state index in [0.717, 1.165) is 0 Å². The Morgan fingerprint density at radius 3 is 2.88 bits per heavy atom. The quantitative estimate of drug-likeness (QED) is 0.858. The second kappa shape index (κ2) is 4.65. The van der Waals surface area contributed by atoms with E-state index in [0.29, 0.717) is 5.02 Å². The van der Waals surface area contributed by atoms with Crippen LogP contribution in [0.3, 0.4) is 0 Å². The summed E-state index contributed by atoms with van der Waals surface area (Å²) in [6.45, 7) is 0. The molecule has 0 aromatic carbocycles. The third kappa shape index (κ3) is 2.35. The highest BCUT2D eigenvalue weighted by molar-refractivity contribution is 6.30. The molecular formula is C11H9ClFN3O. The summed E-state index contributed by atoms with van der Waals surface area (Å²) < 4.78 is 13.4. The van der Waals surface area contributed by atoms with Crippen LogP contribution in [0.4, 0.5) is 10.2 Å². The summed E-state index contributed by atoms with van der Waals surface area (Å²) in [5.74, 6) is -0.522. The van der Waals surface area contributed by atoms with Gasteiger partial charge in [0.05, 0.1) is 5.02 Å². The summed E-state index contributed by atoms with van der Waals surface area (Å²) in [6.07, 6.45) is 1.44. The number of anilines is 1. The van der Waals surface area contributed by atoms with Gasteiger partial charge in [0, 0.05) is 18.0 Å². The summed E-state index contributed by atoms with van der Waals surface area (Å²) in [7, 11) is 0. The zero-order valence-corrected chi connectivity index (χ0v) is 9.39. The fourth-order valence-electron chi connectivity index (χ4n) is 1.43. The van der Waals surface area contributed by atoms with Gasteiger partial charge in [0.2, 0.25) is 0 Å². The minimum Gasteiger partial charge on any atom is -0.383 e. The number of nitrogens with zero attached hydrogens (tertiary/aromatic N) is 2. The first-order chi connectivity index (χ1) is 8.09. The van der Waals surface area contributed by atoms with Crippen LogP contribution < -0.4 is 5.73 Å². The highest BCUT2D eigenvalue weighted by Gasteiger charge is 2.19. The number of hydrogen-bond acceptors (Lipinski definition) is 4. The molecule has 0 saturated heterocycles. The molecule has 0 aliphatic carbocycles. The maximum Gasteiger partial charge on any atom is 0.147 e. The average molecular weight is 254 g/mol. The predicted molar refractivity (Wildman–Crippen MR) is 61.9 cm³/mol. The second-order valence-corrected chi connectivity index (χ2v) is 3.84. The van der Waals surface area contributed by atoms with E-state index in [1.807, 2.05) is 0 Å². The van der Waals surface area contributed by atoms with Crippen molar-refractivity contribution in [1.82, 2.24) is 9.97 Å². The molecule has 3 N–H and O–H groups in total. The number of rotatable bonds is 2. The van der Waals surface area contributed by atoms with Gasteiger partial charge in [0.25, 0.3) is 0 Å². The summed E-state index contributed by atoms with van der Waals surface area (Å²) in [6, 6.07) is 4.08. The minimum absolute atomic E-state index is 0.0898. The van der Waals surface area contributed by atoms with Crippen molar-refractivity contribution in [3.63, 3.8) is 0 Å². The maximum absolute atomic E-state index is 13.4. The van der Waals surface area contributed by atoms with Crippen molar-refractivity contribution in [2.24, 2.45) is 0 Å². The SMILES string of the molecule is Nc1ncc(Cl)cc1C(O)c1ncccc1F. The third-order valence-electron chi connectivity index (χ3n) is 2.26. The first-order valence-electron chi connectivity index (χ1n) is 4.79. The Balaban J connectivity index is 2.47. The van der Waals surface area contributed by atoms with Crippen LogP contribution in [0.5, 0.6) is 0 Å². The lowest BCUT2D eigenvalue weighted by atomic mass is 10.1. The Labute approximate surface area is 102 Å². The molecule has 2 heterocycles. The van der Waals surface area contributed by atoms with Crippen molar-refractivity contribution in [1.29, 1.82) is 0 Å². The molecule has 2 aromatic heterocycles. The number of aliphatic hydroxyl groups is 1. The van der Waals surface area contributed by atoms with Gasteiger partial charge in [-0.25, -0.2) is 9.37 Å². The molecule has 88 valence electrons. The van der Waals surface area contributed by atoms with Crippen LogP contribution >= 0.6 is 11.6 Å². The number of halogens is 2. The van der Waals surface area contributed by atoms with Crippen LogP contribution in [0.2, 0.25) is 5.02 Å². The van der Waals surface area contributed by atoms with Crippen molar-refractivity contribution < 1.29 is 9.50 Å². The highest BCUT2D eigenvalue weighted by atomic mass is 35.5. The van der Waals surface area contributed by atoms with Crippen LogP contribution in [0.25, 0.3) is 0 Å². The minimum atomic E-state index is -1.29. The van der Waals surface area contributed by atoms with Gasteiger partial charge in [-0.15, -0.1) is 0 Å². The van der Waals surface area contributed by atoms with Crippen LogP contribution in [0, 0.1) is 5.82 Å². The van der Waals surface area contributed by atoms with Gasteiger partial charge in [-0.1, -0.05) is 11.6 Å². The molecule has 0 fully saturated rings. The maximum atomic E-state index is 13.4. The predicted octanol–water partition coefficient (Wildman–Crippen LogP) is 1.93. The largest absolute Gasteiger partial charge is 0.383 e. The van der Waals surface area contributed by atoms with E-state index in [9.17, 15) is 9.50 Å². The van der Waals surface area contributed by atoms with Crippen LogP contribution in [-0.4, -0.2) is 15.1 Å². The molecule has 0 spiro atoms. The van der Waals surface area contributed by atoms with Gasteiger partial charge < -0.3 is 10.8 Å². The number of nitrogens with two attached hydrogens (primary N) is 1. The molecule has 0 bridgehead atoms. The number of aliphatic hydroxyl groups excluding tert-OH is 1. The monoisotopic (exact) mass is 253 g/mol. The van der Waals surface area contributed by atoms with Crippen molar-refractivity contribution in [2.45, 2.75) is 6.10 Å². The van der Waals surface area contributed by atoms with Crippen LogP contribution in [-0.2, 0) is 0 Å². The standard InChI is InChI=1S/C11H9ClFN3O/c12-6-4-7(11(14)16-5-6)10(17)9-8(13)2-1-3-15-9/h1-5,10,17H,(H2,14,16). The normalized spacial score (nSPS) is 12.4. The smallest absolute Gasteiger partial charge is 0.147 e. The number of pyridine rings is 2. The molecular weight excluding hydrogens is 245 g/mol. The second-order valence-electron chi connectivity index (χ2n) is 3.40. The molecule has 1 unspecified atom stereocenters. The summed E-state index contributed by atoms with van der Waals surface area (Å²) >= 11 is 5.74. The Hall–Kier alpha value is -1.72. The molecule has 4 nitrogen and oxygen atoms in total. The van der Waals surface area contributed by atoms with E-state index in [4.69, 9.17) is 17.3 Å². The summed E-state index contributed by atoms with van der Waals surface area (Å²) in [4.78, 5) is 7.56. The number of aromatic nitrogens is 2. The van der Waals surface area contributed by atoms with E-state index >= 15 is 0 Å². The topological polar surface area (TPSA) is 72.0 Å². The third-order valence-corrected chi connectivity index (χ3v) is 2.46. The Morgan fingerprint density at radius 1 is 1.41 bits per heavy atom. The van der Waals surface area contributed by atoms with Gasteiger partial charge in [0.1, 0.15) is 23.4 Å². The van der Waals surface area contributed by atoms with Crippen LogP contribution in [0.15, 0.2) is 30.6 Å². The molecule has 0 saturated carbocycles. The molecule has 0 radical (unpaired) electrons. The summed E-state index contributed by atoms with van der Waals surface area (Å²) in [5.41, 5.74) is 5.72. The lowest BCUT2D eigenvalue weighted by molar-refractivity contribution is 0.210. The van der Waals surface area contributed by atoms with Gasteiger partial charge in [0.15, 0.2) is 0 Å². The van der Waals surface area contributed by atoms with Crippen molar-refractivity contribution in [2.75, 3.05) is 5.73 Å². The van der Waals surface area contributed by atoms with Crippen molar-refractivity contribution in [3.8, 4) is 0 Å². The van der Waals surface area contributed by atoms with E-state index < -0.39 is 11.9 Å². The van der Waals surface area contributed by atoms with E-state index in [2.05, 4.69) is 9.97 Å². The van der Waals surface area contributed by atoms with E-state index in [-0.39, 0.29) is 17.1 Å². The zero-order valence-electron chi connectivity index (χ0n) is 8.64. The molecule has 6 heteroatoms. The fourth-order valence-corrected chi connectivity index (χ4v) is 1.60. The van der Waals surface area contributed by atoms with Gasteiger partial charge >= 0.3 is 0 Å². The molecule has 0 aliphatic heterocycles. The van der Waals surface area contributed by atoms with Gasteiger partial charge in [-0.3, -0.25) is 4.98 Å². The lowest BCUT2D eigenvalue weighted by Crippen LogP contribution is -2.09. The highest BCUT2D eigenvalue weighted by Crippen LogP contribution is 2.27. The molecule has 0 aliphatic rings. The molecule has 17 heavy (non-hydrogen) atoms. The Kier molecular flexibility index (Phi) is 3.21. The Morgan fingerprint density at radius 2 is 2.18 bits per heavy atom. The van der Waals surface area contributed by atoms with Gasteiger partial charge in [-0.2, -0.15) is 0 Å². The van der Waals surface area contributed by atoms with Crippen LogP contribution in [0.1, 0.15) is 17.4 Å². The molecule has 2 rings (SSSR count). The van der Waals surface area contributed by atoms with Crippen molar-refractivity contribution in [3.05, 3.63) is 52.7 Å². The van der Waals surface area contributed by atoms with Crippen molar-refractivity contribution >= 4 is 17.4 Å². The zero-order chi connectivity index (χ0) is 12.4. The number of nitrogen functional groups attached to an aromatic ring is 1. The van der Waals surface area contributed by atoms with E-state index in [1.54, 1.807) is 0 Å². The first-order valence-corrected chi connectivity index (χ1v) is 5.17. The van der Waals surface area contributed by atoms with Gasteiger partial charge in [-0.05, 0) is 18.2 Å². The fraction of sp³-hybridized carbons (Fsp3) is 0.0909. The average Bonchev–Trinajstić information content (AvgIpc) is 2.32. The lowest BCUT2D eigenvalue weighted by Gasteiger charge is -2.12. The summed E-state index contributed by atoms with van der Waals surface area (Å²) in [5, 5.41) is 10.3. The Bertz CT molecular complexity index is 550. The molecule has 0 amide bonds. The molecule has 1 atom stereocenters. The van der Waals surface area contributed by atoms with E-state index in [1.165, 1.54) is 30.6 Å². The number of hydrogen-bond donors (Lipinski definition) is 2. The first kappa shape index (κ1) is 11.8. The molecule has 2 aromatic rings.